The van der Waals surface area contributed by atoms with E-state index in [9.17, 15) is 0 Å². The molecule has 1 aromatic carbocycles. The van der Waals surface area contributed by atoms with Gasteiger partial charge in [0.1, 0.15) is 0 Å². The van der Waals surface area contributed by atoms with Gasteiger partial charge in [0.2, 0.25) is 0 Å². The van der Waals surface area contributed by atoms with Crippen molar-refractivity contribution in [1.82, 2.24) is 9.78 Å². The Morgan fingerprint density at radius 3 is 2.86 bits per heavy atom. The summed E-state index contributed by atoms with van der Waals surface area (Å²) in [6, 6.07) is 7.53. The van der Waals surface area contributed by atoms with Gasteiger partial charge in [-0.3, -0.25) is 0 Å². The van der Waals surface area contributed by atoms with E-state index in [1.54, 1.807) is 10.9 Å². The number of hydrogen-bond acceptors (Lipinski definition) is 2. The van der Waals surface area contributed by atoms with Crippen LogP contribution in [0.5, 0.6) is 0 Å². The van der Waals surface area contributed by atoms with Gasteiger partial charge in [0.25, 0.3) is 0 Å². The molecule has 4 heteroatoms. The van der Waals surface area contributed by atoms with Gasteiger partial charge in [-0.1, -0.05) is 17.7 Å². The van der Waals surface area contributed by atoms with Crippen LogP contribution >= 0.6 is 11.6 Å². The maximum atomic E-state index is 6.03. The first-order valence-corrected chi connectivity index (χ1v) is 4.68. The fourth-order valence-electron chi connectivity index (χ4n) is 1.38. The monoisotopic (exact) mass is 207 g/mol. The van der Waals surface area contributed by atoms with Gasteiger partial charge in [0.05, 0.1) is 5.69 Å². The van der Waals surface area contributed by atoms with Crippen molar-refractivity contribution in [2.75, 3.05) is 0 Å². The molecule has 0 saturated carbocycles. The molecule has 2 aromatic rings. The third-order valence-corrected chi connectivity index (χ3v) is 2.40. The molecule has 0 amide bonds. The van der Waals surface area contributed by atoms with Gasteiger partial charge in [-0.15, -0.1) is 0 Å². The Balaban J connectivity index is 2.58. The molecular formula is C10H10ClN3. The van der Waals surface area contributed by atoms with Crippen molar-refractivity contribution in [3.05, 3.63) is 47.2 Å². The lowest BCUT2D eigenvalue weighted by atomic mass is 10.2. The molecule has 2 rings (SSSR count). The molecule has 0 atom stereocenters. The highest BCUT2D eigenvalue weighted by Gasteiger charge is 2.06. The third-order valence-electron chi connectivity index (χ3n) is 2.05. The minimum absolute atomic E-state index is 0.412. The molecule has 0 bridgehead atoms. The van der Waals surface area contributed by atoms with Crippen LogP contribution in [0.4, 0.5) is 0 Å². The van der Waals surface area contributed by atoms with E-state index in [-0.39, 0.29) is 0 Å². The van der Waals surface area contributed by atoms with Crippen LogP contribution in [-0.4, -0.2) is 9.78 Å². The molecule has 0 spiro atoms. The van der Waals surface area contributed by atoms with Crippen LogP contribution in [0.2, 0.25) is 5.02 Å². The summed E-state index contributed by atoms with van der Waals surface area (Å²) in [5.41, 5.74) is 7.48. The van der Waals surface area contributed by atoms with Crippen molar-refractivity contribution in [2.45, 2.75) is 6.54 Å². The fraction of sp³-hybridized carbons (Fsp3) is 0.100. The van der Waals surface area contributed by atoms with Crippen LogP contribution in [-0.2, 0) is 6.54 Å². The Hall–Kier alpha value is -1.32. The van der Waals surface area contributed by atoms with E-state index in [1.165, 1.54) is 0 Å². The molecule has 14 heavy (non-hydrogen) atoms. The SMILES string of the molecule is NCc1c(Cl)cccc1-n1cccn1. The normalized spacial score (nSPS) is 10.4. The van der Waals surface area contributed by atoms with Crippen molar-refractivity contribution in [1.29, 1.82) is 0 Å². The smallest absolute Gasteiger partial charge is 0.0705 e. The van der Waals surface area contributed by atoms with E-state index in [2.05, 4.69) is 5.10 Å². The summed E-state index contributed by atoms with van der Waals surface area (Å²) >= 11 is 6.03. The quantitative estimate of drug-likeness (QED) is 0.819. The molecule has 0 unspecified atom stereocenters. The first-order valence-electron chi connectivity index (χ1n) is 4.30. The highest BCUT2D eigenvalue weighted by molar-refractivity contribution is 6.31. The van der Waals surface area contributed by atoms with Crippen LogP contribution < -0.4 is 5.73 Å². The number of aromatic nitrogens is 2. The Labute approximate surface area is 87.1 Å². The van der Waals surface area contributed by atoms with Crippen LogP contribution in [0.1, 0.15) is 5.56 Å². The number of nitrogens with zero attached hydrogens (tertiary/aromatic N) is 2. The molecule has 0 fully saturated rings. The lowest BCUT2D eigenvalue weighted by Crippen LogP contribution is -2.05. The number of nitrogens with two attached hydrogens (primary N) is 1. The van der Waals surface area contributed by atoms with E-state index in [1.807, 2.05) is 30.5 Å². The van der Waals surface area contributed by atoms with Crippen LogP contribution in [0, 0.1) is 0 Å². The van der Waals surface area contributed by atoms with Gasteiger partial charge in [-0.25, -0.2) is 4.68 Å². The van der Waals surface area contributed by atoms with Crippen molar-refractivity contribution >= 4 is 11.6 Å². The number of hydrogen-bond donors (Lipinski definition) is 1. The van der Waals surface area contributed by atoms with E-state index in [4.69, 9.17) is 17.3 Å². The first kappa shape index (κ1) is 9.24. The molecular weight excluding hydrogens is 198 g/mol. The molecule has 2 N–H and O–H groups in total. The summed E-state index contributed by atoms with van der Waals surface area (Å²) in [6.07, 6.45) is 3.59. The lowest BCUT2D eigenvalue weighted by Gasteiger charge is -2.08. The molecule has 1 heterocycles. The zero-order chi connectivity index (χ0) is 9.97. The highest BCUT2D eigenvalue weighted by atomic mass is 35.5. The van der Waals surface area contributed by atoms with Crippen LogP contribution in [0.25, 0.3) is 5.69 Å². The second-order valence-electron chi connectivity index (χ2n) is 2.89. The summed E-state index contributed by atoms with van der Waals surface area (Å²) in [5, 5.41) is 4.82. The van der Waals surface area contributed by atoms with E-state index in [0.29, 0.717) is 11.6 Å². The standard InChI is InChI=1S/C10H10ClN3/c11-9-3-1-4-10(8(9)7-12)14-6-2-5-13-14/h1-6H,7,12H2. The number of rotatable bonds is 2. The summed E-state index contributed by atoms with van der Waals surface area (Å²) in [5.74, 6) is 0. The predicted molar refractivity (Wildman–Crippen MR) is 56.5 cm³/mol. The molecule has 0 aliphatic heterocycles. The van der Waals surface area contributed by atoms with Crippen molar-refractivity contribution in [2.24, 2.45) is 5.73 Å². The molecule has 0 saturated heterocycles. The molecule has 0 aliphatic rings. The largest absolute Gasteiger partial charge is 0.326 e. The van der Waals surface area contributed by atoms with Gasteiger partial charge >= 0.3 is 0 Å². The Kier molecular flexibility index (Phi) is 2.52. The summed E-state index contributed by atoms with van der Waals surface area (Å²) in [7, 11) is 0. The van der Waals surface area contributed by atoms with E-state index >= 15 is 0 Å². The number of halogens is 1. The fourth-order valence-corrected chi connectivity index (χ4v) is 1.62. The molecule has 3 nitrogen and oxygen atoms in total. The minimum Gasteiger partial charge on any atom is -0.326 e. The zero-order valence-corrected chi connectivity index (χ0v) is 8.28. The maximum Gasteiger partial charge on any atom is 0.0705 e. The lowest BCUT2D eigenvalue weighted by molar-refractivity contribution is 0.859. The second-order valence-corrected chi connectivity index (χ2v) is 3.30. The molecule has 1 aromatic heterocycles. The zero-order valence-electron chi connectivity index (χ0n) is 7.52. The Bertz CT molecular complexity index is 423. The summed E-state index contributed by atoms with van der Waals surface area (Å²) in [6.45, 7) is 0.412. The van der Waals surface area contributed by atoms with E-state index in [0.717, 1.165) is 11.3 Å². The van der Waals surface area contributed by atoms with E-state index < -0.39 is 0 Å². The Morgan fingerprint density at radius 1 is 1.36 bits per heavy atom. The van der Waals surface area contributed by atoms with Gasteiger partial charge in [-0.05, 0) is 18.2 Å². The van der Waals surface area contributed by atoms with Crippen molar-refractivity contribution in [3.8, 4) is 5.69 Å². The highest BCUT2D eigenvalue weighted by Crippen LogP contribution is 2.21. The van der Waals surface area contributed by atoms with Crippen LogP contribution in [0.3, 0.4) is 0 Å². The van der Waals surface area contributed by atoms with Crippen molar-refractivity contribution < 1.29 is 0 Å². The average Bonchev–Trinajstić information content (AvgIpc) is 2.70. The maximum absolute atomic E-state index is 6.03. The third kappa shape index (κ3) is 1.52. The minimum atomic E-state index is 0.412. The molecule has 0 radical (unpaired) electrons. The topological polar surface area (TPSA) is 43.8 Å². The van der Waals surface area contributed by atoms with Gasteiger partial charge in [0, 0.05) is 29.5 Å². The molecule has 72 valence electrons. The number of benzene rings is 1. The summed E-state index contributed by atoms with van der Waals surface area (Å²) in [4.78, 5) is 0. The first-order chi connectivity index (χ1) is 6.83. The van der Waals surface area contributed by atoms with Gasteiger partial charge in [-0.2, -0.15) is 5.10 Å². The Morgan fingerprint density at radius 2 is 2.21 bits per heavy atom. The molecule has 0 aliphatic carbocycles. The summed E-state index contributed by atoms with van der Waals surface area (Å²) < 4.78 is 1.76. The van der Waals surface area contributed by atoms with Gasteiger partial charge < -0.3 is 5.73 Å². The predicted octanol–water partition coefficient (Wildman–Crippen LogP) is 1.98. The average molecular weight is 208 g/mol. The van der Waals surface area contributed by atoms with Crippen molar-refractivity contribution in [3.63, 3.8) is 0 Å². The van der Waals surface area contributed by atoms with Crippen LogP contribution in [0.15, 0.2) is 36.7 Å². The second kappa shape index (κ2) is 3.82. The van der Waals surface area contributed by atoms with Gasteiger partial charge in [0.15, 0.2) is 0 Å².